The van der Waals surface area contributed by atoms with E-state index in [9.17, 15) is 0 Å². The number of fused-ring (bicyclic) bond motifs is 4. The molecule has 5 aromatic rings. The maximum atomic E-state index is 9.17. The van der Waals surface area contributed by atoms with Gasteiger partial charge in [0.1, 0.15) is 16.9 Å². The fourth-order valence-corrected chi connectivity index (χ4v) is 3.63. The first kappa shape index (κ1) is 15.9. The smallest absolute Gasteiger partial charge is 0.512 e. The molecule has 0 saturated heterocycles. The van der Waals surface area contributed by atoms with E-state index in [0.717, 1.165) is 43.8 Å². The fraction of sp³-hybridized carbons (Fsp3) is 0. The highest BCUT2D eigenvalue weighted by atomic mass is 16.6. The highest BCUT2D eigenvalue weighted by molar-refractivity contribution is 6.34. The van der Waals surface area contributed by atoms with Crippen molar-refractivity contribution < 1.29 is 19.1 Å². The summed E-state index contributed by atoms with van der Waals surface area (Å²) in [7, 11) is -1.85. The topological polar surface area (TPSA) is 62.8 Å². The van der Waals surface area contributed by atoms with E-state index in [1.54, 1.807) is 6.07 Å². The van der Waals surface area contributed by atoms with Crippen molar-refractivity contribution in [2.24, 2.45) is 0 Å². The van der Waals surface area contributed by atoms with Crippen LogP contribution in [0.25, 0.3) is 43.8 Å². The van der Waals surface area contributed by atoms with Crippen molar-refractivity contribution in [2.75, 3.05) is 0 Å². The van der Waals surface area contributed by atoms with E-state index in [1.165, 1.54) is 0 Å². The van der Waals surface area contributed by atoms with Gasteiger partial charge in [-0.25, -0.2) is 0 Å². The van der Waals surface area contributed by atoms with Crippen LogP contribution < -0.4 is 4.65 Å². The van der Waals surface area contributed by atoms with Crippen molar-refractivity contribution in [2.45, 2.75) is 0 Å². The second-order valence-electron chi connectivity index (χ2n) is 6.41. The summed E-state index contributed by atoms with van der Waals surface area (Å²) in [4.78, 5) is 0. The van der Waals surface area contributed by atoms with Crippen LogP contribution >= 0.6 is 0 Å². The van der Waals surface area contributed by atoms with Gasteiger partial charge in [0.05, 0.1) is 0 Å². The summed E-state index contributed by atoms with van der Waals surface area (Å²) in [5.41, 5.74) is 3.82. The Bertz CT molecular complexity index is 1290. The van der Waals surface area contributed by atoms with Crippen molar-refractivity contribution in [3.63, 3.8) is 0 Å². The monoisotopic (exact) mass is 354 g/mol. The lowest BCUT2D eigenvalue weighted by molar-refractivity contribution is 0.289. The molecule has 130 valence electrons. The zero-order valence-electron chi connectivity index (χ0n) is 14.3. The van der Waals surface area contributed by atoms with Crippen LogP contribution in [0.2, 0.25) is 0 Å². The predicted octanol–water partition coefficient (Wildman–Crippen LogP) is 4.75. The summed E-state index contributed by atoms with van der Waals surface area (Å²) in [6.07, 6.45) is 0. The van der Waals surface area contributed by atoms with Crippen molar-refractivity contribution in [3.8, 4) is 16.9 Å². The molecule has 0 saturated carbocycles. The Morgan fingerprint density at radius 1 is 0.667 bits per heavy atom. The molecule has 0 fully saturated rings. The van der Waals surface area contributed by atoms with Gasteiger partial charge >= 0.3 is 7.32 Å². The largest absolute Gasteiger partial charge is 0.707 e. The van der Waals surface area contributed by atoms with E-state index in [1.807, 2.05) is 60.7 Å². The van der Waals surface area contributed by atoms with Crippen LogP contribution in [0.4, 0.5) is 0 Å². The molecule has 4 nitrogen and oxygen atoms in total. The molecular weight excluding hydrogens is 339 g/mol. The van der Waals surface area contributed by atoms with Crippen LogP contribution in [0.5, 0.6) is 5.75 Å². The molecular formula is C22H15BO4. The Labute approximate surface area is 155 Å². The second kappa shape index (κ2) is 6.16. The summed E-state index contributed by atoms with van der Waals surface area (Å²) >= 11 is 0. The standard InChI is InChI=1S/C22H15BO4/c24-23(25)27-22-12-10-15(16-5-1-2-6-17(16)22)14-9-11-21-19(13-14)18-7-3-4-8-20(18)26-21/h1-13,24-25H. The van der Waals surface area contributed by atoms with Gasteiger partial charge in [0, 0.05) is 16.2 Å². The molecule has 0 bridgehead atoms. The molecule has 5 heteroatoms. The van der Waals surface area contributed by atoms with Crippen LogP contribution in [-0.2, 0) is 0 Å². The molecule has 0 aliphatic heterocycles. The first-order chi connectivity index (χ1) is 13.2. The molecule has 1 aromatic heterocycles. The van der Waals surface area contributed by atoms with Crippen LogP contribution in [0.15, 0.2) is 83.3 Å². The van der Waals surface area contributed by atoms with Gasteiger partial charge in [-0.2, -0.15) is 0 Å². The van der Waals surface area contributed by atoms with Gasteiger partial charge in [0.2, 0.25) is 0 Å². The third-order valence-electron chi connectivity index (χ3n) is 4.80. The Morgan fingerprint density at radius 2 is 1.37 bits per heavy atom. The van der Waals surface area contributed by atoms with Gasteiger partial charge < -0.3 is 19.1 Å². The lowest BCUT2D eigenvalue weighted by Crippen LogP contribution is -2.20. The second-order valence-corrected chi connectivity index (χ2v) is 6.41. The van der Waals surface area contributed by atoms with E-state index < -0.39 is 7.32 Å². The zero-order valence-corrected chi connectivity index (χ0v) is 14.3. The van der Waals surface area contributed by atoms with Gasteiger partial charge in [0.15, 0.2) is 0 Å². The van der Waals surface area contributed by atoms with E-state index >= 15 is 0 Å². The molecule has 0 aliphatic carbocycles. The molecule has 0 spiro atoms. The molecule has 0 atom stereocenters. The van der Waals surface area contributed by atoms with E-state index in [2.05, 4.69) is 12.1 Å². The van der Waals surface area contributed by atoms with Gasteiger partial charge in [-0.15, -0.1) is 0 Å². The van der Waals surface area contributed by atoms with Crippen molar-refractivity contribution >= 4 is 40.0 Å². The summed E-state index contributed by atoms with van der Waals surface area (Å²) in [5.74, 6) is 0.430. The predicted molar refractivity (Wildman–Crippen MR) is 107 cm³/mol. The first-order valence-corrected chi connectivity index (χ1v) is 8.67. The van der Waals surface area contributed by atoms with Gasteiger partial charge in [0.25, 0.3) is 0 Å². The van der Waals surface area contributed by atoms with E-state index in [4.69, 9.17) is 19.1 Å². The molecule has 2 N–H and O–H groups in total. The molecule has 5 rings (SSSR count). The van der Waals surface area contributed by atoms with Crippen LogP contribution in [-0.4, -0.2) is 17.4 Å². The lowest BCUT2D eigenvalue weighted by atomic mass is 9.96. The molecule has 0 aliphatic rings. The molecule has 0 radical (unpaired) electrons. The maximum Gasteiger partial charge on any atom is 0.707 e. The minimum absolute atomic E-state index is 0.430. The summed E-state index contributed by atoms with van der Waals surface area (Å²) in [5, 5.41) is 22.3. The van der Waals surface area contributed by atoms with Gasteiger partial charge in [-0.1, -0.05) is 54.6 Å². The minimum atomic E-state index is -1.85. The normalized spacial score (nSPS) is 11.3. The zero-order chi connectivity index (χ0) is 18.4. The number of furan rings is 1. The summed E-state index contributed by atoms with van der Waals surface area (Å²) < 4.78 is 11.0. The molecule has 1 heterocycles. The Balaban J connectivity index is 1.74. The van der Waals surface area contributed by atoms with Crippen molar-refractivity contribution in [1.29, 1.82) is 0 Å². The Kier molecular flexibility index (Phi) is 3.64. The van der Waals surface area contributed by atoms with Gasteiger partial charge in [-0.05, 0) is 40.8 Å². The summed E-state index contributed by atoms with van der Waals surface area (Å²) in [6, 6.07) is 25.6. The van der Waals surface area contributed by atoms with Crippen LogP contribution in [0.3, 0.4) is 0 Å². The Morgan fingerprint density at radius 3 is 2.19 bits per heavy atom. The maximum absolute atomic E-state index is 9.17. The molecule has 0 unspecified atom stereocenters. The van der Waals surface area contributed by atoms with Crippen molar-refractivity contribution in [3.05, 3.63) is 78.9 Å². The molecule has 27 heavy (non-hydrogen) atoms. The van der Waals surface area contributed by atoms with Gasteiger partial charge in [-0.3, -0.25) is 0 Å². The molecule has 4 aromatic carbocycles. The lowest BCUT2D eigenvalue weighted by Gasteiger charge is -2.12. The highest BCUT2D eigenvalue weighted by Gasteiger charge is 2.16. The SMILES string of the molecule is OB(O)Oc1ccc(-c2ccc3oc4ccccc4c3c2)c2ccccc12. The fourth-order valence-electron chi connectivity index (χ4n) is 3.63. The van der Waals surface area contributed by atoms with E-state index in [0.29, 0.717) is 5.75 Å². The Hall–Kier alpha value is -3.28. The summed E-state index contributed by atoms with van der Waals surface area (Å²) in [6.45, 7) is 0. The number of rotatable bonds is 3. The average Bonchev–Trinajstić information content (AvgIpc) is 3.06. The number of para-hydroxylation sites is 1. The highest BCUT2D eigenvalue weighted by Crippen LogP contribution is 2.37. The average molecular weight is 354 g/mol. The molecule has 0 amide bonds. The van der Waals surface area contributed by atoms with Crippen LogP contribution in [0.1, 0.15) is 0 Å². The third-order valence-corrected chi connectivity index (χ3v) is 4.80. The third kappa shape index (κ3) is 2.65. The van der Waals surface area contributed by atoms with E-state index in [-0.39, 0.29) is 0 Å². The minimum Gasteiger partial charge on any atom is -0.512 e. The van der Waals surface area contributed by atoms with Crippen LogP contribution in [0, 0.1) is 0 Å². The quantitative estimate of drug-likeness (QED) is 0.459. The van der Waals surface area contributed by atoms with Crippen molar-refractivity contribution in [1.82, 2.24) is 0 Å². The number of benzene rings is 4. The number of hydrogen-bond acceptors (Lipinski definition) is 4. The number of hydrogen-bond donors (Lipinski definition) is 2. The first-order valence-electron chi connectivity index (χ1n) is 8.67.